The average Bonchev–Trinajstić information content (AvgIpc) is 2.13. The van der Waals surface area contributed by atoms with Gasteiger partial charge in [-0.3, -0.25) is 0 Å². The predicted octanol–water partition coefficient (Wildman–Crippen LogP) is 1.44. The lowest BCUT2D eigenvalue weighted by molar-refractivity contribution is 0.176. The van der Waals surface area contributed by atoms with Crippen molar-refractivity contribution < 1.29 is 4.84 Å². The molecule has 0 unspecified atom stereocenters. The van der Waals surface area contributed by atoms with Gasteiger partial charge in [-0.15, -0.1) is 0 Å². The van der Waals surface area contributed by atoms with Gasteiger partial charge in [-0.05, 0) is 19.0 Å². The average molecular weight is 180 g/mol. The van der Waals surface area contributed by atoms with Gasteiger partial charge < -0.3 is 9.74 Å². The first-order valence-corrected chi connectivity index (χ1v) is 4.46. The molecule has 3 nitrogen and oxygen atoms in total. The highest BCUT2D eigenvalue weighted by atomic mass is 16.6. The molecule has 0 atom stereocenters. The second kappa shape index (κ2) is 5.54. The first kappa shape index (κ1) is 9.99. The van der Waals surface area contributed by atoms with E-state index in [1.807, 2.05) is 0 Å². The highest BCUT2D eigenvalue weighted by molar-refractivity contribution is 5.78. The third-order valence-electron chi connectivity index (χ3n) is 1.86. The topological polar surface area (TPSA) is 24.8 Å². The summed E-state index contributed by atoms with van der Waals surface area (Å²) in [5.74, 6) is 0. The van der Waals surface area contributed by atoms with Gasteiger partial charge in [0.25, 0.3) is 0 Å². The summed E-state index contributed by atoms with van der Waals surface area (Å²) in [6, 6.07) is 0. The largest absolute Gasteiger partial charge is 0.392 e. The van der Waals surface area contributed by atoms with Crippen LogP contribution in [0.4, 0.5) is 0 Å². The third kappa shape index (κ3) is 3.90. The summed E-state index contributed by atoms with van der Waals surface area (Å²) >= 11 is 0. The van der Waals surface area contributed by atoms with Crippen LogP contribution >= 0.6 is 0 Å². The normalized spacial score (nSPS) is 18.7. The molecule has 72 valence electrons. The van der Waals surface area contributed by atoms with E-state index < -0.39 is 0 Å². The Bertz CT molecular complexity index is 221. The first-order valence-electron chi connectivity index (χ1n) is 4.46. The maximum absolute atomic E-state index is 4.91. The van der Waals surface area contributed by atoms with Crippen LogP contribution in [0.3, 0.4) is 0 Å². The van der Waals surface area contributed by atoms with Crippen LogP contribution in [-0.4, -0.2) is 37.9 Å². The molecule has 0 amide bonds. The molecule has 0 aromatic heterocycles. The molecule has 1 rings (SSSR count). The molecule has 0 aromatic rings. The van der Waals surface area contributed by atoms with Crippen LogP contribution in [0.25, 0.3) is 0 Å². The fourth-order valence-corrected chi connectivity index (χ4v) is 1.22. The van der Waals surface area contributed by atoms with Gasteiger partial charge in [0.15, 0.2) is 0 Å². The molecule has 13 heavy (non-hydrogen) atoms. The van der Waals surface area contributed by atoms with Crippen molar-refractivity contribution >= 4 is 6.21 Å². The Morgan fingerprint density at radius 3 is 3.31 bits per heavy atom. The number of oxime groups is 1. The smallest absolute Gasteiger partial charge is 0.135 e. The molecule has 0 aromatic carbocycles. The van der Waals surface area contributed by atoms with Crippen molar-refractivity contribution in [2.75, 3.05) is 26.7 Å². The van der Waals surface area contributed by atoms with E-state index in [0.29, 0.717) is 6.61 Å². The summed E-state index contributed by atoms with van der Waals surface area (Å²) in [7, 11) is 2.10. The molecule has 0 radical (unpaired) electrons. The molecule has 0 aliphatic carbocycles. The van der Waals surface area contributed by atoms with E-state index in [9.17, 15) is 0 Å². The van der Waals surface area contributed by atoms with Crippen LogP contribution in [0.5, 0.6) is 0 Å². The van der Waals surface area contributed by atoms with Crippen LogP contribution in [0, 0.1) is 0 Å². The molecule has 1 heterocycles. The SMILES string of the molecule is C=CCON=CC1=CCCN(C)C1. The van der Waals surface area contributed by atoms with Crippen molar-refractivity contribution in [3.63, 3.8) is 0 Å². The van der Waals surface area contributed by atoms with Crippen molar-refractivity contribution in [3.05, 3.63) is 24.3 Å². The van der Waals surface area contributed by atoms with Gasteiger partial charge in [-0.2, -0.15) is 0 Å². The molecule has 3 heteroatoms. The Morgan fingerprint density at radius 2 is 2.62 bits per heavy atom. The standard InChI is InChI=1S/C10H16N2O/c1-3-7-13-11-8-10-5-4-6-12(2)9-10/h3,5,8H,1,4,6-7,9H2,2H3. The number of hydrogen-bond acceptors (Lipinski definition) is 3. The zero-order chi connectivity index (χ0) is 9.52. The van der Waals surface area contributed by atoms with Crippen LogP contribution in [-0.2, 0) is 4.84 Å². The second-order valence-corrected chi connectivity index (χ2v) is 3.12. The maximum Gasteiger partial charge on any atom is 0.135 e. The van der Waals surface area contributed by atoms with Crippen LogP contribution in [0.2, 0.25) is 0 Å². The number of likely N-dealkylation sites (N-methyl/N-ethyl adjacent to an activating group) is 1. The van der Waals surface area contributed by atoms with Crippen molar-refractivity contribution in [1.29, 1.82) is 0 Å². The van der Waals surface area contributed by atoms with Crippen LogP contribution < -0.4 is 0 Å². The zero-order valence-corrected chi connectivity index (χ0v) is 8.07. The van der Waals surface area contributed by atoms with Gasteiger partial charge >= 0.3 is 0 Å². The minimum absolute atomic E-state index is 0.472. The van der Waals surface area contributed by atoms with E-state index in [4.69, 9.17) is 4.84 Å². The summed E-state index contributed by atoms with van der Waals surface area (Å²) in [5, 5.41) is 3.83. The van der Waals surface area contributed by atoms with Crippen molar-refractivity contribution in [2.24, 2.45) is 5.16 Å². The Kier molecular flexibility index (Phi) is 4.26. The van der Waals surface area contributed by atoms with Crippen molar-refractivity contribution in [1.82, 2.24) is 4.90 Å². The number of rotatable bonds is 4. The molecule has 0 saturated heterocycles. The lowest BCUT2D eigenvalue weighted by atomic mass is 10.1. The van der Waals surface area contributed by atoms with Gasteiger partial charge in [0.1, 0.15) is 6.61 Å². The Balaban J connectivity index is 2.31. The van der Waals surface area contributed by atoms with E-state index in [1.165, 1.54) is 5.57 Å². The second-order valence-electron chi connectivity index (χ2n) is 3.12. The third-order valence-corrected chi connectivity index (χ3v) is 1.86. The first-order chi connectivity index (χ1) is 6.33. The molecule has 0 fully saturated rings. The summed E-state index contributed by atoms with van der Waals surface area (Å²) in [6.07, 6.45) is 6.75. The van der Waals surface area contributed by atoms with E-state index in [1.54, 1.807) is 12.3 Å². The number of nitrogens with zero attached hydrogens (tertiary/aromatic N) is 2. The van der Waals surface area contributed by atoms with Crippen molar-refractivity contribution in [3.8, 4) is 0 Å². The van der Waals surface area contributed by atoms with Gasteiger partial charge in [0, 0.05) is 13.1 Å². The predicted molar refractivity (Wildman–Crippen MR) is 54.8 cm³/mol. The summed E-state index contributed by atoms with van der Waals surface area (Å²) in [6.45, 7) is 6.10. The van der Waals surface area contributed by atoms with Gasteiger partial charge in [0.2, 0.25) is 0 Å². The van der Waals surface area contributed by atoms with Gasteiger partial charge in [0.05, 0.1) is 6.21 Å². The summed E-state index contributed by atoms with van der Waals surface area (Å²) < 4.78 is 0. The lowest BCUT2D eigenvalue weighted by Crippen LogP contribution is -2.25. The maximum atomic E-state index is 4.91. The lowest BCUT2D eigenvalue weighted by Gasteiger charge is -2.20. The van der Waals surface area contributed by atoms with E-state index in [-0.39, 0.29) is 0 Å². The van der Waals surface area contributed by atoms with E-state index in [0.717, 1.165) is 19.5 Å². The zero-order valence-electron chi connectivity index (χ0n) is 8.07. The summed E-state index contributed by atoms with van der Waals surface area (Å²) in [5.41, 5.74) is 1.22. The molecule has 0 saturated carbocycles. The quantitative estimate of drug-likeness (QED) is 0.283. The van der Waals surface area contributed by atoms with E-state index >= 15 is 0 Å². The van der Waals surface area contributed by atoms with Gasteiger partial charge in [-0.1, -0.05) is 23.9 Å². The van der Waals surface area contributed by atoms with Crippen LogP contribution in [0.15, 0.2) is 29.5 Å². The van der Waals surface area contributed by atoms with E-state index in [2.05, 4.69) is 29.8 Å². The monoisotopic (exact) mass is 180 g/mol. The molecular weight excluding hydrogens is 164 g/mol. The number of hydrogen-bond donors (Lipinski definition) is 0. The molecule has 0 bridgehead atoms. The highest BCUT2D eigenvalue weighted by Crippen LogP contribution is 2.05. The molecule has 1 aliphatic rings. The fraction of sp³-hybridized carbons (Fsp3) is 0.500. The Labute approximate surface area is 79.4 Å². The summed E-state index contributed by atoms with van der Waals surface area (Å²) in [4.78, 5) is 7.17. The fourth-order valence-electron chi connectivity index (χ4n) is 1.22. The molecule has 0 spiro atoms. The Morgan fingerprint density at radius 1 is 1.77 bits per heavy atom. The molecule has 1 aliphatic heterocycles. The van der Waals surface area contributed by atoms with Crippen molar-refractivity contribution in [2.45, 2.75) is 6.42 Å². The molecular formula is C10H16N2O. The minimum atomic E-state index is 0.472. The Hall–Kier alpha value is -1.09. The highest BCUT2D eigenvalue weighted by Gasteiger charge is 2.05. The minimum Gasteiger partial charge on any atom is -0.392 e. The van der Waals surface area contributed by atoms with Gasteiger partial charge in [-0.25, -0.2) is 0 Å². The molecule has 0 N–H and O–H groups in total. The van der Waals surface area contributed by atoms with Crippen LogP contribution in [0.1, 0.15) is 6.42 Å².